The first-order valence-electron chi connectivity index (χ1n) is 4.00. The fourth-order valence-corrected chi connectivity index (χ4v) is 4.87. The van der Waals surface area contributed by atoms with Crippen molar-refractivity contribution in [2.24, 2.45) is 0 Å². The predicted octanol–water partition coefficient (Wildman–Crippen LogP) is 1.37. The summed E-state index contributed by atoms with van der Waals surface area (Å²) in [6, 6.07) is 4.64. The van der Waals surface area contributed by atoms with Gasteiger partial charge in [-0.3, -0.25) is 0 Å². The molecule has 2 aromatic heterocycles. The van der Waals surface area contributed by atoms with Crippen molar-refractivity contribution in [3.05, 3.63) is 27.3 Å². The van der Waals surface area contributed by atoms with Crippen LogP contribution in [0.15, 0.2) is 17.5 Å². The molecular weight excluding hydrogens is 200 g/mol. The monoisotopic (exact) mass is 208 g/mol. The number of rotatable bonds is 0. The molecular formula is C9H8S2Si. The summed E-state index contributed by atoms with van der Waals surface area (Å²) in [5.41, 5.74) is 3.04. The van der Waals surface area contributed by atoms with Crippen molar-refractivity contribution in [3.8, 4) is 11.1 Å². The summed E-state index contributed by atoms with van der Waals surface area (Å²) in [5.74, 6) is 0. The van der Waals surface area contributed by atoms with E-state index in [0.29, 0.717) is 0 Å². The van der Waals surface area contributed by atoms with Gasteiger partial charge in [-0.15, -0.1) is 11.3 Å². The highest BCUT2D eigenvalue weighted by molar-refractivity contribution is 7.21. The van der Waals surface area contributed by atoms with Crippen molar-refractivity contribution >= 4 is 37.4 Å². The first kappa shape index (κ1) is 7.06. The van der Waals surface area contributed by atoms with E-state index in [4.69, 9.17) is 0 Å². The van der Waals surface area contributed by atoms with Gasteiger partial charge in [-0.25, -0.2) is 0 Å². The average molecular weight is 208 g/mol. The van der Waals surface area contributed by atoms with Gasteiger partial charge < -0.3 is 0 Å². The predicted molar refractivity (Wildman–Crippen MR) is 60.0 cm³/mol. The van der Waals surface area contributed by atoms with Gasteiger partial charge >= 0.3 is 0 Å². The summed E-state index contributed by atoms with van der Waals surface area (Å²) < 4.78 is 1.58. The molecule has 2 heterocycles. The Bertz CT molecular complexity index is 439. The van der Waals surface area contributed by atoms with Crippen LogP contribution in [0, 0.1) is 0 Å². The van der Waals surface area contributed by atoms with E-state index in [1.54, 1.807) is 14.3 Å². The molecule has 0 unspecified atom stereocenters. The molecule has 1 aliphatic carbocycles. The molecule has 0 bridgehead atoms. The molecule has 60 valence electrons. The average Bonchev–Trinajstić information content (AvgIpc) is 2.59. The fraction of sp³-hybridized carbons (Fsp3) is 0.111. The maximum Gasteiger partial charge on any atom is 0.0514 e. The van der Waals surface area contributed by atoms with Gasteiger partial charge in [0.05, 0.1) is 10.2 Å². The molecule has 1 aliphatic rings. The molecule has 0 saturated carbocycles. The number of hydrogen-bond donors (Lipinski definition) is 0. The van der Waals surface area contributed by atoms with E-state index in [2.05, 4.69) is 17.5 Å². The van der Waals surface area contributed by atoms with E-state index in [-0.39, 0.29) is 0 Å². The van der Waals surface area contributed by atoms with Crippen LogP contribution in [0.5, 0.6) is 0 Å². The zero-order valence-corrected chi connectivity index (χ0v) is 10.4. The summed E-state index contributed by atoms with van der Waals surface area (Å²) in [6.07, 6.45) is 1.20. The van der Waals surface area contributed by atoms with Crippen LogP contribution in [0.25, 0.3) is 11.1 Å². The second kappa shape index (κ2) is 2.31. The molecule has 12 heavy (non-hydrogen) atoms. The number of hydrogen-bond acceptors (Lipinski definition) is 2. The lowest BCUT2D eigenvalue weighted by atomic mass is 10.2. The van der Waals surface area contributed by atoms with Gasteiger partial charge in [0.1, 0.15) is 0 Å². The van der Waals surface area contributed by atoms with Crippen LogP contribution in [-0.4, -0.2) is 10.2 Å². The topological polar surface area (TPSA) is 0 Å². The lowest BCUT2D eigenvalue weighted by molar-refractivity contribution is 1.38. The Balaban J connectivity index is 2.32. The standard InChI is InChI=1S/C9H8S2Si/c12-9-3-6-5-1-2-10-7(5)4-8(6)11-9/h1-3H,4H2,12H3. The van der Waals surface area contributed by atoms with E-state index in [0.717, 1.165) is 0 Å². The number of thiophene rings is 2. The summed E-state index contributed by atoms with van der Waals surface area (Å²) in [6.45, 7) is 0. The molecule has 0 aromatic carbocycles. The quantitative estimate of drug-likeness (QED) is 0.490. The van der Waals surface area contributed by atoms with Gasteiger partial charge in [0.15, 0.2) is 0 Å². The fourth-order valence-electron chi connectivity index (χ4n) is 1.79. The molecule has 0 spiro atoms. The molecule has 3 heteroatoms. The largest absolute Gasteiger partial charge is 0.150 e. The minimum Gasteiger partial charge on any atom is -0.150 e. The van der Waals surface area contributed by atoms with E-state index in [9.17, 15) is 0 Å². The van der Waals surface area contributed by atoms with Crippen LogP contribution in [0.1, 0.15) is 9.75 Å². The minimum absolute atomic E-state index is 1.20. The van der Waals surface area contributed by atoms with Gasteiger partial charge in [0.2, 0.25) is 0 Å². The maximum absolute atomic E-state index is 2.38. The van der Waals surface area contributed by atoms with Crippen molar-refractivity contribution in [1.82, 2.24) is 0 Å². The van der Waals surface area contributed by atoms with Crippen molar-refractivity contribution in [1.29, 1.82) is 0 Å². The highest BCUT2D eigenvalue weighted by atomic mass is 32.1. The Morgan fingerprint density at radius 1 is 1.25 bits per heavy atom. The van der Waals surface area contributed by atoms with Gasteiger partial charge in [-0.1, -0.05) is 0 Å². The van der Waals surface area contributed by atoms with E-state index in [1.165, 1.54) is 27.8 Å². The summed E-state index contributed by atoms with van der Waals surface area (Å²) >= 11 is 3.90. The Hall–Kier alpha value is -0.383. The second-order valence-corrected chi connectivity index (χ2v) is 7.27. The molecule has 0 N–H and O–H groups in total. The van der Waals surface area contributed by atoms with Crippen LogP contribution in [0.2, 0.25) is 0 Å². The van der Waals surface area contributed by atoms with Crippen molar-refractivity contribution in [3.63, 3.8) is 0 Å². The van der Waals surface area contributed by atoms with Gasteiger partial charge in [0, 0.05) is 16.2 Å². The normalized spacial score (nSPS) is 13.3. The third kappa shape index (κ3) is 0.814. The van der Waals surface area contributed by atoms with Crippen molar-refractivity contribution in [2.75, 3.05) is 0 Å². The molecule has 0 nitrogen and oxygen atoms in total. The summed E-state index contributed by atoms with van der Waals surface area (Å²) in [4.78, 5) is 3.17. The zero-order valence-electron chi connectivity index (χ0n) is 6.76. The van der Waals surface area contributed by atoms with Crippen molar-refractivity contribution < 1.29 is 0 Å². The van der Waals surface area contributed by atoms with E-state index in [1.807, 2.05) is 22.7 Å². The Morgan fingerprint density at radius 2 is 2.17 bits per heavy atom. The van der Waals surface area contributed by atoms with E-state index < -0.39 is 0 Å². The lowest BCUT2D eigenvalue weighted by Gasteiger charge is -1.86. The zero-order chi connectivity index (χ0) is 8.13. The summed E-state index contributed by atoms with van der Waals surface area (Å²) in [7, 11) is 1.20. The third-order valence-corrected chi connectivity index (χ3v) is 5.16. The Morgan fingerprint density at radius 3 is 3.08 bits per heavy atom. The smallest absolute Gasteiger partial charge is 0.0514 e. The van der Waals surface area contributed by atoms with Crippen LogP contribution >= 0.6 is 22.7 Å². The van der Waals surface area contributed by atoms with Crippen LogP contribution in [-0.2, 0) is 6.42 Å². The van der Waals surface area contributed by atoms with Gasteiger partial charge in [-0.05, 0) is 33.1 Å². The molecule has 0 fully saturated rings. The van der Waals surface area contributed by atoms with Crippen LogP contribution < -0.4 is 4.50 Å². The minimum atomic E-state index is 1.20. The van der Waals surface area contributed by atoms with Gasteiger partial charge in [0.25, 0.3) is 0 Å². The third-order valence-electron chi connectivity index (χ3n) is 2.29. The highest BCUT2D eigenvalue weighted by Crippen LogP contribution is 2.41. The number of fused-ring (bicyclic) bond motifs is 3. The highest BCUT2D eigenvalue weighted by Gasteiger charge is 2.21. The molecule has 0 atom stereocenters. The van der Waals surface area contributed by atoms with Gasteiger partial charge in [-0.2, -0.15) is 11.3 Å². The molecule has 0 radical (unpaired) electrons. The van der Waals surface area contributed by atoms with Crippen LogP contribution in [0.4, 0.5) is 0 Å². The first-order valence-corrected chi connectivity index (χ1v) is 6.70. The molecule has 2 aromatic rings. The molecule has 3 rings (SSSR count). The molecule has 0 amide bonds. The maximum atomic E-state index is 2.38. The van der Waals surface area contributed by atoms with Crippen LogP contribution in [0.3, 0.4) is 0 Å². The lowest BCUT2D eigenvalue weighted by Crippen LogP contribution is -1.90. The SMILES string of the molecule is [SiH3]c1cc2c(s1)Cc1sccc1-2. The molecule has 0 saturated heterocycles. The Kier molecular flexibility index (Phi) is 1.36. The summed E-state index contributed by atoms with van der Waals surface area (Å²) in [5, 5.41) is 2.21. The first-order chi connectivity index (χ1) is 5.84. The molecule has 0 aliphatic heterocycles. The second-order valence-electron chi connectivity index (χ2n) is 3.13. The van der Waals surface area contributed by atoms with E-state index >= 15 is 0 Å². The van der Waals surface area contributed by atoms with Crippen molar-refractivity contribution in [2.45, 2.75) is 6.42 Å². The Labute approximate surface area is 82.3 Å².